The van der Waals surface area contributed by atoms with Crippen molar-refractivity contribution in [3.63, 3.8) is 0 Å². The maximum atomic E-state index is 14.4. The quantitative estimate of drug-likeness (QED) is 0.0709. The molecule has 362 valence electrons. The van der Waals surface area contributed by atoms with Crippen LogP contribution in [0.5, 0.6) is 5.75 Å². The van der Waals surface area contributed by atoms with Gasteiger partial charge < -0.3 is 40.8 Å². The Morgan fingerprint density at radius 3 is 2.32 bits per heavy atom. The molecule has 1 fully saturated rings. The molecule has 15 nitrogen and oxygen atoms in total. The zero-order chi connectivity index (χ0) is 49.3. The maximum Gasteiger partial charge on any atom is 0.325 e. The summed E-state index contributed by atoms with van der Waals surface area (Å²) in [6.07, 6.45) is 8.26. The van der Waals surface area contributed by atoms with Crippen LogP contribution in [0.3, 0.4) is 0 Å². The van der Waals surface area contributed by atoms with E-state index in [9.17, 15) is 44.1 Å². The summed E-state index contributed by atoms with van der Waals surface area (Å²) < 4.78 is 6.09. The fourth-order valence-corrected chi connectivity index (χ4v) is 8.00. The van der Waals surface area contributed by atoms with E-state index in [0.717, 1.165) is 11.1 Å². The predicted octanol–water partition coefficient (Wildman–Crippen LogP) is 5.64. The molecule has 0 aromatic heterocycles. The highest BCUT2D eigenvalue weighted by Crippen LogP contribution is 2.25. The number of aliphatic hydroxyl groups excluding tert-OH is 2. The number of esters is 1. The van der Waals surface area contributed by atoms with Gasteiger partial charge in [-0.1, -0.05) is 112 Å². The first-order chi connectivity index (χ1) is 32.5. The number of aliphatic hydroxyl groups is 2. The van der Waals surface area contributed by atoms with Crippen LogP contribution in [0.25, 0.3) is 11.1 Å². The first kappa shape index (κ1) is 52.3. The molecule has 3 aromatic rings. The van der Waals surface area contributed by atoms with E-state index in [2.05, 4.69) is 21.4 Å². The molecule has 8 atom stereocenters. The average Bonchev–Trinajstić information content (AvgIpc) is 3.31. The van der Waals surface area contributed by atoms with Crippen molar-refractivity contribution in [2.75, 3.05) is 11.9 Å². The lowest BCUT2D eigenvalue weighted by molar-refractivity contribution is -0.156. The SMILES string of the molecule is CC(=O)CC[C@H]1C(=O)N[C@@H](C(C)C)C(=O)N[C@@H](Cc2cccc(O)c2)C(=O)N2CCCC(N2)C(=O)O[C@H](C(C)=CC=CC(=O)Nc2ccc(-c3ccccc3)cc2)CC=CC=C[C@H](O)[C@H](C)[C@H]1O. The number of phenolic OH excluding ortho intramolecular Hbond substituents is 1. The molecule has 0 spiro atoms. The van der Waals surface area contributed by atoms with Crippen LogP contribution >= 0.6 is 0 Å². The molecule has 5 rings (SSSR count). The topological polar surface area (TPSA) is 224 Å². The summed E-state index contributed by atoms with van der Waals surface area (Å²) in [5.41, 5.74) is 6.81. The van der Waals surface area contributed by atoms with E-state index < -0.39 is 77.9 Å². The molecule has 2 heterocycles. The smallest absolute Gasteiger partial charge is 0.325 e. The molecule has 2 aliphatic heterocycles. The third-order valence-corrected chi connectivity index (χ3v) is 12.1. The summed E-state index contributed by atoms with van der Waals surface area (Å²) in [5.74, 6) is -5.83. The van der Waals surface area contributed by atoms with Gasteiger partial charge >= 0.3 is 5.97 Å². The Kier molecular flexibility index (Phi) is 19.6. The van der Waals surface area contributed by atoms with Gasteiger partial charge in [0.25, 0.3) is 5.91 Å². The molecular weight excluding hydrogens is 867 g/mol. The normalized spacial score (nSPS) is 24.9. The highest BCUT2D eigenvalue weighted by molar-refractivity contribution is 5.99. The summed E-state index contributed by atoms with van der Waals surface area (Å²) >= 11 is 0. The second-order valence-corrected chi connectivity index (χ2v) is 17.8. The number of anilines is 1. The average molecular weight is 932 g/mol. The Hall–Kier alpha value is -6.68. The van der Waals surface area contributed by atoms with E-state index in [4.69, 9.17) is 4.74 Å². The Morgan fingerprint density at radius 1 is 0.912 bits per heavy atom. The van der Waals surface area contributed by atoms with E-state index in [0.29, 0.717) is 29.7 Å². The van der Waals surface area contributed by atoms with Gasteiger partial charge in [-0.3, -0.25) is 29.0 Å². The number of ketones is 1. The van der Waals surface area contributed by atoms with Crippen LogP contribution in [-0.2, 0) is 39.9 Å². The van der Waals surface area contributed by atoms with Crippen LogP contribution in [0.2, 0.25) is 0 Å². The molecule has 2 bridgehead atoms. The van der Waals surface area contributed by atoms with Crippen LogP contribution in [0, 0.1) is 17.8 Å². The molecule has 7 N–H and O–H groups in total. The molecule has 4 amide bonds. The summed E-state index contributed by atoms with van der Waals surface area (Å²) in [5, 5.41) is 42.6. The minimum Gasteiger partial charge on any atom is -0.508 e. The number of hydrogen-bond acceptors (Lipinski definition) is 11. The summed E-state index contributed by atoms with van der Waals surface area (Å²) in [7, 11) is 0. The zero-order valence-electron chi connectivity index (χ0n) is 39.3. The molecule has 3 aromatic carbocycles. The minimum absolute atomic E-state index is 0.0358. The number of ether oxygens (including phenoxy) is 1. The van der Waals surface area contributed by atoms with E-state index in [1.54, 1.807) is 70.2 Å². The third-order valence-electron chi connectivity index (χ3n) is 12.1. The van der Waals surface area contributed by atoms with E-state index >= 15 is 0 Å². The van der Waals surface area contributed by atoms with Crippen molar-refractivity contribution < 1.29 is 48.8 Å². The van der Waals surface area contributed by atoms with E-state index in [1.165, 1.54) is 36.2 Å². The zero-order valence-corrected chi connectivity index (χ0v) is 39.3. The number of nitrogens with zero attached hydrogens (tertiary/aromatic N) is 1. The van der Waals surface area contributed by atoms with Crippen molar-refractivity contribution in [3.8, 4) is 16.9 Å². The number of hydrogen-bond donors (Lipinski definition) is 7. The Bertz CT molecular complexity index is 2340. The van der Waals surface area contributed by atoms with Gasteiger partial charge in [0.05, 0.1) is 18.1 Å². The van der Waals surface area contributed by atoms with Gasteiger partial charge in [0.2, 0.25) is 17.7 Å². The fourth-order valence-electron chi connectivity index (χ4n) is 8.00. The van der Waals surface area contributed by atoms with Crippen molar-refractivity contribution in [2.24, 2.45) is 17.8 Å². The van der Waals surface area contributed by atoms with Crippen LogP contribution in [-0.4, -0.2) is 98.7 Å². The monoisotopic (exact) mass is 931 g/mol. The number of aromatic hydroxyl groups is 1. The van der Waals surface area contributed by atoms with Gasteiger partial charge in [-0.25, -0.2) is 5.43 Å². The standard InChI is InChI=1S/C53H65N5O10/c1-33(2)48-51(65)55-44(32-37-16-13-19-41(60)31-37)52(66)58-30-14-20-43(57-58)53(67)68-46(22-11-7-10-21-45(61)36(5)49(63)42(50(64)56-48)29-24-35(4)59)34(3)15-12-23-47(62)54-40-27-25-39(26-28-40)38-17-8-6-9-18-38/h6-13,15-19,21,23,25-28,31,33,36,42-46,48-49,57,60-61,63H,14,20,22,24,29-30,32H2,1-5H3,(H,54,62)(H,55,65)(H,56,64)/t36-,42+,43?,44-,45-,46-,48-,49+/m0/s1. The number of carbonyl (C=O) groups is 6. The van der Waals surface area contributed by atoms with Gasteiger partial charge in [-0.2, -0.15) is 0 Å². The van der Waals surface area contributed by atoms with Crippen LogP contribution in [0.4, 0.5) is 5.69 Å². The first-order valence-electron chi connectivity index (χ1n) is 23.2. The summed E-state index contributed by atoms with van der Waals surface area (Å²) in [4.78, 5) is 81.5. The highest BCUT2D eigenvalue weighted by atomic mass is 16.5. The number of amides is 4. The largest absolute Gasteiger partial charge is 0.508 e. The summed E-state index contributed by atoms with van der Waals surface area (Å²) in [6.45, 7) is 8.30. The predicted molar refractivity (Wildman–Crippen MR) is 259 cm³/mol. The number of phenols is 1. The lowest BCUT2D eigenvalue weighted by Gasteiger charge is -2.36. The van der Waals surface area contributed by atoms with Crippen LogP contribution in [0.1, 0.15) is 72.3 Å². The Balaban J connectivity index is 1.42. The number of carbonyl (C=O) groups excluding carboxylic acids is 6. The van der Waals surface area contributed by atoms with Gasteiger partial charge in [-0.15, -0.1) is 0 Å². The molecule has 0 saturated carbocycles. The molecule has 1 saturated heterocycles. The minimum atomic E-state index is -1.43. The van der Waals surface area contributed by atoms with Crippen molar-refractivity contribution >= 4 is 41.1 Å². The number of nitrogens with one attached hydrogen (secondary N) is 4. The number of cyclic esters (lactones) is 1. The van der Waals surface area contributed by atoms with Crippen molar-refractivity contribution in [1.82, 2.24) is 21.1 Å². The van der Waals surface area contributed by atoms with Crippen LogP contribution in [0.15, 0.2) is 127 Å². The molecule has 0 radical (unpaired) electrons. The van der Waals surface area contributed by atoms with Crippen molar-refractivity contribution in [3.05, 3.63) is 133 Å². The molecule has 0 aliphatic carbocycles. The van der Waals surface area contributed by atoms with Gasteiger partial charge in [0, 0.05) is 43.5 Å². The second-order valence-electron chi connectivity index (χ2n) is 17.8. The molecule has 2 aliphatic rings. The molecule has 15 heteroatoms. The molecule has 1 unspecified atom stereocenters. The van der Waals surface area contributed by atoms with Crippen molar-refractivity contribution in [2.45, 2.75) is 110 Å². The Morgan fingerprint density at radius 2 is 1.63 bits per heavy atom. The van der Waals surface area contributed by atoms with E-state index in [-0.39, 0.29) is 49.7 Å². The lowest BCUT2D eigenvalue weighted by Crippen LogP contribution is -2.62. The highest BCUT2D eigenvalue weighted by Gasteiger charge is 2.38. The molecular formula is C53H65N5O10. The first-order valence-corrected chi connectivity index (χ1v) is 23.2. The van der Waals surface area contributed by atoms with Crippen molar-refractivity contribution in [1.29, 1.82) is 0 Å². The van der Waals surface area contributed by atoms with Gasteiger partial charge in [-0.05, 0) is 85.6 Å². The number of rotatable bonds is 11. The Labute approximate surface area is 398 Å². The molecule has 68 heavy (non-hydrogen) atoms. The summed E-state index contributed by atoms with van der Waals surface area (Å²) in [6, 6.07) is 20.2. The third kappa shape index (κ3) is 15.4. The number of hydrazine groups is 1. The second kappa shape index (κ2) is 25.5. The van der Waals surface area contributed by atoms with Gasteiger partial charge in [0.15, 0.2) is 0 Å². The van der Waals surface area contributed by atoms with Gasteiger partial charge in [0.1, 0.15) is 35.8 Å². The number of Topliss-reactive ketones (excluding diaryl/α,β-unsaturated/α-hetero) is 1. The maximum absolute atomic E-state index is 14.4. The fraction of sp³-hybridized carbons (Fsp3) is 0.396. The number of benzene rings is 3. The lowest BCUT2D eigenvalue weighted by atomic mass is 9.84. The van der Waals surface area contributed by atoms with Crippen LogP contribution < -0.4 is 21.4 Å². The van der Waals surface area contributed by atoms with E-state index in [1.807, 2.05) is 54.6 Å². The number of allylic oxidation sites excluding steroid dienone is 4. The number of fused-ring (bicyclic) bond motifs is 2.